The summed E-state index contributed by atoms with van der Waals surface area (Å²) in [5.74, 6) is 0. The summed E-state index contributed by atoms with van der Waals surface area (Å²) in [6.45, 7) is 2.32. The molecule has 2 aromatic heterocycles. The lowest BCUT2D eigenvalue weighted by molar-refractivity contribution is 0.423. The summed E-state index contributed by atoms with van der Waals surface area (Å²) >= 11 is 0. The van der Waals surface area contributed by atoms with Gasteiger partial charge in [-0.3, -0.25) is 14.6 Å². The molecule has 7 heteroatoms. The van der Waals surface area contributed by atoms with E-state index in [1.54, 1.807) is 29.3 Å². The van der Waals surface area contributed by atoms with Crippen molar-refractivity contribution in [1.82, 2.24) is 19.7 Å². The van der Waals surface area contributed by atoms with Crippen molar-refractivity contribution in [2.24, 2.45) is 0 Å². The van der Waals surface area contributed by atoms with E-state index in [2.05, 4.69) is 15.1 Å². The first kappa shape index (κ1) is 10.8. The first-order chi connectivity index (χ1) is 7.65. The van der Waals surface area contributed by atoms with Gasteiger partial charge in [-0.2, -0.15) is 5.10 Å². The minimum absolute atomic E-state index is 0.222. The highest BCUT2D eigenvalue weighted by Gasteiger charge is 2.14. The Kier molecular flexibility index (Phi) is 2.98. The average Bonchev–Trinajstić information content (AvgIpc) is 2.70. The molecule has 16 heavy (non-hydrogen) atoms. The molecule has 0 aliphatic heterocycles. The molecule has 0 radical (unpaired) electrons. The SMILES string of the molecule is Cc1cnc(Cn2ccc(B(O)O)n2)cn1. The monoisotopic (exact) mass is 218 g/mol. The normalized spacial score (nSPS) is 10.4. The van der Waals surface area contributed by atoms with Crippen LogP contribution in [0.1, 0.15) is 11.4 Å². The maximum absolute atomic E-state index is 8.89. The van der Waals surface area contributed by atoms with Gasteiger partial charge in [0.05, 0.1) is 29.7 Å². The highest BCUT2D eigenvalue weighted by atomic mass is 16.4. The summed E-state index contributed by atoms with van der Waals surface area (Å²) in [5.41, 5.74) is 1.85. The molecule has 2 rings (SSSR count). The van der Waals surface area contributed by atoms with Gasteiger partial charge in [0.25, 0.3) is 0 Å². The van der Waals surface area contributed by atoms with Gasteiger partial charge in [-0.05, 0) is 13.0 Å². The van der Waals surface area contributed by atoms with Crippen molar-refractivity contribution in [3.05, 3.63) is 36.0 Å². The molecule has 0 spiro atoms. The van der Waals surface area contributed by atoms with Crippen LogP contribution >= 0.6 is 0 Å². The van der Waals surface area contributed by atoms with Crippen LogP contribution in [-0.2, 0) is 6.54 Å². The molecule has 0 amide bonds. The molecule has 0 saturated heterocycles. The van der Waals surface area contributed by atoms with Crippen molar-refractivity contribution in [3.8, 4) is 0 Å². The van der Waals surface area contributed by atoms with Crippen LogP contribution in [0.2, 0.25) is 0 Å². The van der Waals surface area contributed by atoms with Crippen LogP contribution in [0, 0.1) is 6.92 Å². The first-order valence-corrected chi connectivity index (χ1v) is 4.82. The number of nitrogens with zero attached hydrogens (tertiary/aromatic N) is 4. The molecule has 0 aliphatic carbocycles. The minimum atomic E-state index is -1.54. The zero-order valence-electron chi connectivity index (χ0n) is 8.78. The summed E-state index contributed by atoms with van der Waals surface area (Å²) in [7, 11) is -1.54. The second kappa shape index (κ2) is 4.42. The molecule has 0 fully saturated rings. The van der Waals surface area contributed by atoms with E-state index in [9.17, 15) is 0 Å². The van der Waals surface area contributed by atoms with Gasteiger partial charge in [-0.15, -0.1) is 0 Å². The van der Waals surface area contributed by atoms with Gasteiger partial charge < -0.3 is 10.0 Å². The highest BCUT2D eigenvalue weighted by Crippen LogP contribution is 1.96. The number of aromatic nitrogens is 4. The van der Waals surface area contributed by atoms with E-state index < -0.39 is 7.12 Å². The summed E-state index contributed by atoms with van der Waals surface area (Å²) in [5, 5.41) is 21.8. The summed E-state index contributed by atoms with van der Waals surface area (Å²) in [6.07, 6.45) is 5.02. The van der Waals surface area contributed by atoms with Crippen molar-refractivity contribution in [2.45, 2.75) is 13.5 Å². The maximum Gasteiger partial charge on any atom is 0.510 e. The predicted molar refractivity (Wildman–Crippen MR) is 57.9 cm³/mol. The molecule has 0 aliphatic rings. The Hall–Kier alpha value is -1.73. The topological polar surface area (TPSA) is 84.1 Å². The van der Waals surface area contributed by atoms with E-state index in [0.717, 1.165) is 11.4 Å². The van der Waals surface area contributed by atoms with Crippen molar-refractivity contribution in [1.29, 1.82) is 0 Å². The van der Waals surface area contributed by atoms with Crippen molar-refractivity contribution < 1.29 is 10.0 Å². The summed E-state index contributed by atoms with van der Waals surface area (Å²) in [4.78, 5) is 8.29. The van der Waals surface area contributed by atoms with E-state index in [0.29, 0.717) is 6.54 Å². The molecule has 82 valence electrons. The molecule has 6 nitrogen and oxygen atoms in total. The maximum atomic E-state index is 8.89. The molecule has 0 unspecified atom stereocenters. The molecule has 2 aromatic rings. The van der Waals surface area contributed by atoms with Crippen molar-refractivity contribution in [2.75, 3.05) is 0 Å². The number of aryl methyl sites for hydroxylation is 1. The van der Waals surface area contributed by atoms with E-state index in [1.165, 1.54) is 0 Å². The number of hydrogen-bond acceptors (Lipinski definition) is 5. The molecule has 2 heterocycles. The van der Waals surface area contributed by atoms with Gasteiger partial charge in [0, 0.05) is 12.4 Å². The van der Waals surface area contributed by atoms with Crippen LogP contribution in [0.15, 0.2) is 24.7 Å². The van der Waals surface area contributed by atoms with E-state index in [4.69, 9.17) is 10.0 Å². The largest absolute Gasteiger partial charge is 0.510 e. The van der Waals surface area contributed by atoms with Gasteiger partial charge in [0.2, 0.25) is 0 Å². The van der Waals surface area contributed by atoms with Gasteiger partial charge >= 0.3 is 7.12 Å². The van der Waals surface area contributed by atoms with E-state index >= 15 is 0 Å². The predicted octanol–water partition coefficient (Wildman–Crippen LogP) is -1.29. The summed E-state index contributed by atoms with van der Waals surface area (Å²) < 4.78 is 1.58. The van der Waals surface area contributed by atoms with Crippen LogP contribution in [0.3, 0.4) is 0 Å². The lowest BCUT2D eigenvalue weighted by Crippen LogP contribution is -2.31. The van der Waals surface area contributed by atoms with Crippen LogP contribution in [-0.4, -0.2) is 36.9 Å². The van der Waals surface area contributed by atoms with Gasteiger partial charge in [-0.25, -0.2) is 0 Å². The van der Waals surface area contributed by atoms with Crippen molar-refractivity contribution >= 4 is 12.7 Å². The van der Waals surface area contributed by atoms with E-state index in [1.807, 2.05) is 6.92 Å². The fourth-order valence-corrected chi connectivity index (χ4v) is 1.27. The lowest BCUT2D eigenvalue weighted by Gasteiger charge is -2.00. The Morgan fingerprint density at radius 3 is 2.69 bits per heavy atom. The molecule has 0 aromatic carbocycles. The first-order valence-electron chi connectivity index (χ1n) is 4.82. The number of hydrogen-bond donors (Lipinski definition) is 2. The fraction of sp³-hybridized carbons (Fsp3) is 0.222. The Morgan fingerprint density at radius 2 is 2.12 bits per heavy atom. The smallest absolute Gasteiger partial charge is 0.422 e. The zero-order valence-corrected chi connectivity index (χ0v) is 8.78. The van der Waals surface area contributed by atoms with Gasteiger partial charge in [0.15, 0.2) is 0 Å². The Bertz CT molecular complexity index is 469. The second-order valence-electron chi connectivity index (χ2n) is 3.46. The van der Waals surface area contributed by atoms with Crippen LogP contribution in [0.25, 0.3) is 0 Å². The van der Waals surface area contributed by atoms with Crippen LogP contribution in [0.4, 0.5) is 0 Å². The third-order valence-corrected chi connectivity index (χ3v) is 2.08. The standard InChI is InChI=1S/C9H11BN4O2/c1-7-4-12-8(5-11-7)6-14-3-2-9(13-14)10(15)16/h2-5,15-16H,6H2,1H3. The second-order valence-corrected chi connectivity index (χ2v) is 3.46. The molecular weight excluding hydrogens is 207 g/mol. The number of rotatable bonds is 3. The van der Waals surface area contributed by atoms with Gasteiger partial charge in [-0.1, -0.05) is 0 Å². The fourth-order valence-electron chi connectivity index (χ4n) is 1.27. The molecule has 0 atom stereocenters. The minimum Gasteiger partial charge on any atom is -0.422 e. The van der Waals surface area contributed by atoms with Crippen molar-refractivity contribution in [3.63, 3.8) is 0 Å². The summed E-state index contributed by atoms with van der Waals surface area (Å²) in [6, 6.07) is 1.55. The third kappa shape index (κ3) is 2.44. The molecule has 2 N–H and O–H groups in total. The van der Waals surface area contributed by atoms with Crippen LogP contribution in [0.5, 0.6) is 0 Å². The average molecular weight is 218 g/mol. The Balaban J connectivity index is 2.11. The van der Waals surface area contributed by atoms with E-state index in [-0.39, 0.29) is 5.59 Å². The highest BCUT2D eigenvalue weighted by molar-refractivity contribution is 6.57. The third-order valence-electron chi connectivity index (χ3n) is 2.08. The molecule has 0 bridgehead atoms. The molecular formula is C9H11BN4O2. The Morgan fingerprint density at radius 1 is 1.31 bits per heavy atom. The lowest BCUT2D eigenvalue weighted by atomic mass is 9.87. The van der Waals surface area contributed by atoms with Gasteiger partial charge in [0.1, 0.15) is 0 Å². The van der Waals surface area contributed by atoms with Crippen LogP contribution < -0.4 is 5.59 Å². The zero-order chi connectivity index (χ0) is 11.5. The Labute approximate surface area is 92.7 Å². The quantitative estimate of drug-likeness (QED) is 0.626. The molecule has 0 saturated carbocycles.